The lowest BCUT2D eigenvalue weighted by Gasteiger charge is -2.35. The number of likely N-dealkylation sites (tertiary alicyclic amines) is 1. The first kappa shape index (κ1) is 19.4. The van der Waals surface area contributed by atoms with Crippen molar-refractivity contribution in [2.45, 2.75) is 12.8 Å². The lowest BCUT2D eigenvalue weighted by Crippen LogP contribution is -2.47. The minimum absolute atomic E-state index is 0.0233. The first-order valence-electron chi connectivity index (χ1n) is 9.63. The fourth-order valence-corrected chi connectivity index (χ4v) is 4.85. The summed E-state index contributed by atoms with van der Waals surface area (Å²) in [5.41, 5.74) is 1.06. The van der Waals surface area contributed by atoms with Crippen LogP contribution in [0.3, 0.4) is 0 Å². The molecule has 0 atom stereocenters. The molecule has 4 rings (SSSR count). The monoisotopic (exact) mass is 418 g/mol. The maximum absolute atomic E-state index is 12.9. The first-order valence-corrected chi connectivity index (χ1v) is 10.8. The van der Waals surface area contributed by atoms with Crippen LogP contribution in [-0.2, 0) is 9.53 Å². The zero-order valence-electron chi connectivity index (χ0n) is 15.6. The summed E-state index contributed by atoms with van der Waals surface area (Å²) in [4.78, 5) is 31.1. The molecule has 0 unspecified atom stereocenters. The number of benzene rings is 1. The highest BCUT2D eigenvalue weighted by atomic mass is 35.5. The predicted molar refractivity (Wildman–Crippen MR) is 111 cm³/mol. The lowest BCUT2D eigenvalue weighted by atomic mass is 9.95. The molecule has 0 radical (unpaired) electrons. The van der Waals surface area contributed by atoms with Crippen molar-refractivity contribution < 1.29 is 14.3 Å². The largest absolute Gasteiger partial charge is 0.378 e. The second kappa shape index (κ2) is 8.64. The van der Waals surface area contributed by atoms with Gasteiger partial charge in [-0.05, 0) is 42.7 Å². The molecule has 2 amide bonds. The molecule has 2 saturated heterocycles. The molecule has 0 bridgehead atoms. The number of nitrogens with zero attached hydrogens (tertiary/aromatic N) is 2. The van der Waals surface area contributed by atoms with E-state index in [4.69, 9.17) is 16.3 Å². The van der Waals surface area contributed by atoms with E-state index in [0.29, 0.717) is 44.4 Å². The standard InChI is InChI=1S/C21H23ClN2O3S/c22-17-3-1-15(2-4-17)18-5-6-19(28-18)21(26)23-9-7-16(8-10-23)20(25)24-11-13-27-14-12-24/h1-6,16H,7-14H2. The Hall–Kier alpha value is -1.89. The average Bonchev–Trinajstić information content (AvgIpc) is 3.24. The van der Waals surface area contributed by atoms with Gasteiger partial charge in [0.15, 0.2) is 0 Å². The molecule has 7 heteroatoms. The topological polar surface area (TPSA) is 49.9 Å². The molecule has 0 spiro atoms. The molecular formula is C21H23ClN2O3S. The second-order valence-electron chi connectivity index (χ2n) is 7.17. The van der Waals surface area contributed by atoms with Crippen LogP contribution in [0.5, 0.6) is 0 Å². The van der Waals surface area contributed by atoms with E-state index in [-0.39, 0.29) is 17.7 Å². The van der Waals surface area contributed by atoms with Gasteiger partial charge in [0.1, 0.15) is 0 Å². The SMILES string of the molecule is O=C(c1ccc(-c2ccc(Cl)cc2)s1)N1CCC(C(=O)N2CCOCC2)CC1. The van der Waals surface area contributed by atoms with Gasteiger partial charge in [0, 0.05) is 42.0 Å². The van der Waals surface area contributed by atoms with Crippen LogP contribution >= 0.6 is 22.9 Å². The van der Waals surface area contributed by atoms with Crippen molar-refractivity contribution in [2.75, 3.05) is 39.4 Å². The van der Waals surface area contributed by atoms with Gasteiger partial charge in [0.25, 0.3) is 5.91 Å². The number of ether oxygens (including phenoxy) is 1. The van der Waals surface area contributed by atoms with Crippen LogP contribution in [0, 0.1) is 5.92 Å². The highest BCUT2D eigenvalue weighted by Crippen LogP contribution is 2.30. The molecule has 2 fully saturated rings. The molecule has 0 saturated carbocycles. The van der Waals surface area contributed by atoms with Gasteiger partial charge in [-0.3, -0.25) is 9.59 Å². The van der Waals surface area contributed by atoms with Crippen molar-refractivity contribution in [1.29, 1.82) is 0 Å². The summed E-state index contributed by atoms with van der Waals surface area (Å²) in [6.45, 7) is 3.87. The van der Waals surface area contributed by atoms with Crippen LogP contribution in [0.1, 0.15) is 22.5 Å². The number of carbonyl (C=O) groups is 2. The Morgan fingerprint density at radius 1 is 0.929 bits per heavy atom. The summed E-state index contributed by atoms with van der Waals surface area (Å²) in [6.07, 6.45) is 1.47. The van der Waals surface area contributed by atoms with Crippen LogP contribution in [0.15, 0.2) is 36.4 Å². The predicted octanol–water partition coefficient (Wildman–Crippen LogP) is 3.78. The summed E-state index contributed by atoms with van der Waals surface area (Å²) < 4.78 is 5.32. The minimum Gasteiger partial charge on any atom is -0.378 e. The number of thiophene rings is 1. The molecule has 28 heavy (non-hydrogen) atoms. The van der Waals surface area contributed by atoms with Crippen molar-refractivity contribution in [3.05, 3.63) is 46.3 Å². The van der Waals surface area contributed by atoms with Crippen LogP contribution < -0.4 is 0 Å². The summed E-state index contributed by atoms with van der Waals surface area (Å²) in [6, 6.07) is 11.5. The molecule has 3 heterocycles. The third kappa shape index (κ3) is 4.24. The fraction of sp³-hybridized carbons (Fsp3) is 0.429. The molecule has 2 aliphatic rings. The normalized spacial score (nSPS) is 18.3. The number of piperidine rings is 1. The van der Waals surface area contributed by atoms with Gasteiger partial charge < -0.3 is 14.5 Å². The van der Waals surface area contributed by atoms with E-state index in [2.05, 4.69) is 0 Å². The zero-order valence-corrected chi connectivity index (χ0v) is 17.2. The Labute approximate surface area is 173 Å². The van der Waals surface area contributed by atoms with Crippen molar-refractivity contribution in [3.8, 4) is 10.4 Å². The zero-order chi connectivity index (χ0) is 19.5. The van der Waals surface area contributed by atoms with E-state index < -0.39 is 0 Å². The second-order valence-corrected chi connectivity index (χ2v) is 8.70. The quantitative estimate of drug-likeness (QED) is 0.762. The summed E-state index contributed by atoms with van der Waals surface area (Å²) >= 11 is 7.45. The van der Waals surface area contributed by atoms with Crippen LogP contribution in [0.2, 0.25) is 5.02 Å². The van der Waals surface area contributed by atoms with Gasteiger partial charge in [-0.2, -0.15) is 0 Å². The fourth-order valence-electron chi connectivity index (χ4n) is 3.75. The third-order valence-corrected chi connectivity index (χ3v) is 6.77. The highest BCUT2D eigenvalue weighted by molar-refractivity contribution is 7.17. The van der Waals surface area contributed by atoms with E-state index in [1.165, 1.54) is 11.3 Å². The summed E-state index contributed by atoms with van der Waals surface area (Å²) in [7, 11) is 0. The molecule has 5 nitrogen and oxygen atoms in total. The van der Waals surface area contributed by atoms with Crippen LogP contribution in [0.25, 0.3) is 10.4 Å². The van der Waals surface area contributed by atoms with Gasteiger partial charge in [-0.1, -0.05) is 23.7 Å². The molecule has 1 aromatic carbocycles. The molecule has 2 aromatic rings. The van der Waals surface area contributed by atoms with Gasteiger partial charge in [-0.25, -0.2) is 0 Å². The number of hydrogen-bond donors (Lipinski definition) is 0. The maximum Gasteiger partial charge on any atom is 0.263 e. The average molecular weight is 419 g/mol. The van der Waals surface area contributed by atoms with Crippen LogP contribution in [-0.4, -0.2) is 61.0 Å². The number of morpholine rings is 1. The Morgan fingerprint density at radius 2 is 1.61 bits per heavy atom. The van der Waals surface area contributed by atoms with E-state index in [0.717, 1.165) is 28.2 Å². The minimum atomic E-state index is 0.0233. The number of halogens is 1. The third-order valence-electron chi connectivity index (χ3n) is 5.40. The molecule has 148 valence electrons. The van der Waals surface area contributed by atoms with Crippen molar-refractivity contribution in [1.82, 2.24) is 9.80 Å². The van der Waals surface area contributed by atoms with Crippen molar-refractivity contribution in [2.24, 2.45) is 5.92 Å². The van der Waals surface area contributed by atoms with E-state index in [1.54, 1.807) is 0 Å². The van der Waals surface area contributed by atoms with Gasteiger partial charge in [0.05, 0.1) is 18.1 Å². The Kier molecular flexibility index (Phi) is 5.99. The number of rotatable bonds is 3. The van der Waals surface area contributed by atoms with Crippen molar-refractivity contribution >= 4 is 34.8 Å². The van der Waals surface area contributed by atoms with Gasteiger partial charge >= 0.3 is 0 Å². The summed E-state index contributed by atoms with van der Waals surface area (Å²) in [5, 5.41) is 0.700. The van der Waals surface area contributed by atoms with Crippen molar-refractivity contribution in [3.63, 3.8) is 0 Å². The Morgan fingerprint density at radius 3 is 2.29 bits per heavy atom. The summed E-state index contributed by atoms with van der Waals surface area (Å²) in [5.74, 6) is 0.300. The maximum atomic E-state index is 12.9. The van der Waals surface area contributed by atoms with Crippen LogP contribution in [0.4, 0.5) is 0 Å². The lowest BCUT2D eigenvalue weighted by molar-refractivity contribution is -0.141. The Balaban J connectivity index is 1.35. The molecule has 2 aliphatic heterocycles. The molecule has 0 N–H and O–H groups in total. The Bertz CT molecular complexity index is 838. The number of carbonyl (C=O) groups excluding carboxylic acids is 2. The van der Waals surface area contributed by atoms with Gasteiger partial charge in [0.2, 0.25) is 5.91 Å². The number of hydrogen-bond acceptors (Lipinski definition) is 4. The molecule has 0 aliphatic carbocycles. The van der Waals surface area contributed by atoms with Gasteiger partial charge in [-0.15, -0.1) is 11.3 Å². The molecule has 1 aromatic heterocycles. The molecular weight excluding hydrogens is 396 g/mol. The number of amides is 2. The smallest absolute Gasteiger partial charge is 0.263 e. The first-order chi connectivity index (χ1) is 13.6. The van der Waals surface area contributed by atoms with E-state index >= 15 is 0 Å². The van der Waals surface area contributed by atoms with E-state index in [1.807, 2.05) is 46.2 Å². The highest BCUT2D eigenvalue weighted by Gasteiger charge is 2.31. The van der Waals surface area contributed by atoms with E-state index in [9.17, 15) is 9.59 Å².